The Hall–Kier alpha value is -1.71. The Balaban J connectivity index is 1.55. The van der Waals surface area contributed by atoms with Crippen molar-refractivity contribution in [2.24, 2.45) is 0 Å². The van der Waals surface area contributed by atoms with Gasteiger partial charge >= 0.3 is 0 Å². The van der Waals surface area contributed by atoms with Crippen molar-refractivity contribution >= 4 is 44.8 Å². The molecule has 3 rings (SSSR count). The molecular weight excluding hydrogens is 411 g/mol. The van der Waals surface area contributed by atoms with Crippen LogP contribution in [0.25, 0.3) is 0 Å². The van der Waals surface area contributed by atoms with Crippen LogP contribution in [0.15, 0.2) is 47.5 Å². The number of amides is 1. The number of nitrogens with zero attached hydrogens (tertiary/aromatic N) is 3. The van der Waals surface area contributed by atoms with E-state index in [0.29, 0.717) is 36.9 Å². The highest BCUT2D eigenvalue weighted by Gasteiger charge is 2.29. The molecule has 1 aromatic heterocycles. The maximum atomic E-state index is 12.7. The summed E-state index contributed by atoms with van der Waals surface area (Å²) in [6.45, 7) is 1.69. The van der Waals surface area contributed by atoms with E-state index < -0.39 is 10.0 Å². The third-order valence-corrected chi connectivity index (χ3v) is 6.65. The molecule has 1 fully saturated rings. The molecule has 0 aliphatic carbocycles. The number of nitrogens with one attached hydrogen (secondary N) is 1. The average molecular weight is 429 g/mol. The SMILES string of the molecule is O=C(CN1CCN(S(=O)(=O)c2ccc(Cl)cc2)CC1)Nc1cccnc1Cl. The van der Waals surface area contributed by atoms with Gasteiger partial charge in [-0.15, -0.1) is 0 Å². The second-order valence-electron chi connectivity index (χ2n) is 6.02. The molecule has 1 amide bonds. The third-order valence-electron chi connectivity index (χ3n) is 4.18. The summed E-state index contributed by atoms with van der Waals surface area (Å²) >= 11 is 11.7. The first-order valence-corrected chi connectivity index (χ1v) is 10.4. The normalized spacial score (nSPS) is 16.2. The Bertz CT molecular complexity index is 914. The van der Waals surface area contributed by atoms with Gasteiger partial charge in [0.2, 0.25) is 15.9 Å². The molecule has 0 bridgehead atoms. The van der Waals surface area contributed by atoms with Crippen molar-refractivity contribution in [2.75, 3.05) is 38.0 Å². The van der Waals surface area contributed by atoms with Crippen LogP contribution in [0, 0.1) is 0 Å². The Morgan fingerprint density at radius 3 is 2.37 bits per heavy atom. The van der Waals surface area contributed by atoms with E-state index in [1.165, 1.54) is 16.4 Å². The summed E-state index contributed by atoms with van der Waals surface area (Å²) in [6.07, 6.45) is 1.54. The van der Waals surface area contributed by atoms with Gasteiger partial charge in [-0.3, -0.25) is 9.69 Å². The highest BCUT2D eigenvalue weighted by molar-refractivity contribution is 7.89. The zero-order chi connectivity index (χ0) is 19.4. The molecule has 7 nitrogen and oxygen atoms in total. The first-order chi connectivity index (χ1) is 12.9. The first kappa shape index (κ1) is 20.0. The molecule has 1 N–H and O–H groups in total. The summed E-state index contributed by atoms with van der Waals surface area (Å²) in [4.78, 5) is 18.2. The number of rotatable bonds is 5. The second-order valence-corrected chi connectivity index (χ2v) is 8.76. The third kappa shape index (κ3) is 4.97. The number of pyridine rings is 1. The minimum absolute atomic E-state index is 0.153. The molecule has 0 unspecified atom stereocenters. The van der Waals surface area contributed by atoms with Crippen molar-refractivity contribution in [3.05, 3.63) is 52.8 Å². The molecule has 1 aromatic carbocycles. The smallest absolute Gasteiger partial charge is 0.243 e. The van der Waals surface area contributed by atoms with Crippen molar-refractivity contribution in [3.8, 4) is 0 Å². The highest BCUT2D eigenvalue weighted by Crippen LogP contribution is 2.20. The Morgan fingerprint density at radius 1 is 1.07 bits per heavy atom. The number of hydrogen-bond donors (Lipinski definition) is 1. The van der Waals surface area contributed by atoms with Crippen LogP contribution in [-0.2, 0) is 14.8 Å². The predicted molar refractivity (Wildman–Crippen MR) is 105 cm³/mol. The standard InChI is InChI=1S/C17H18Cl2N4O3S/c18-13-3-5-14(6-4-13)27(25,26)23-10-8-22(9-11-23)12-16(24)21-15-2-1-7-20-17(15)19/h1-7H,8-12H2,(H,21,24). The molecule has 144 valence electrons. The topological polar surface area (TPSA) is 82.6 Å². The molecule has 2 heterocycles. The predicted octanol–water partition coefficient (Wildman–Crippen LogP) is 2.33. The zero-order valence-corrected chi connectivity index (χ0v) is 16.6. The van der Waals surface area contributed by atoms with Crippen LogP contribution in [0.4, 0.5) is 5.69 Å². The number of anilines is 1. The number of hydrogen-bond acceptors (Lipinski definition) is 5. The van der Waals surface area contributed by atoms with Crippen molar-refractivity contribution < 1.29 is 13.2 Å². The summed E-state index contributed by atoms with van der Waals surface area (Å²) in [5.74, 6) is -0.223. The van der Waals surface area contributed by atoms with Gasteiger partial charge in [-0.2, -0.15) is 4.31 Å². The number of aromatic nitrogens is 1. The first-order valence-electron chi connectivity index (χ1n) is 8.25. The maximum Gasteiger partial charge on any atom is 0.243 e. The monoisotopic (exact) mass is 428 g/mol. The molecule has 0 atom stereocenters. The van der Waals surface area contributed by atoms with E-state index >= 15 is 0 Å². The van der Waals surface area contributed by atoms with Gasteiger partial charge in [-0.05, 0) is 36.4 Å². The highest BCUT2D eigenvalue weighted by atomic mass is 35.5. The van der Waals surface area contributed by atoms with Gasteiger partial charge in [0.1, 0.15) is 0 Å². The Kier molecular flexibility index (Phi) is 6.33. The zero-order valence-electron chi connectivity index (χ0n) is 14.3. The molecule has 1 saturated heterocycles. The van der Waals surface area contributed by atoms with E-state index in [4.69, 9.17) is 23.2 Å². The van der Waals surface area contributed by atoms with Crippen LogP contribution in [0.3, 0.4) is 0 Å². The molecule has 10 heteroatoms. The summed E-state index contributed by atoms with van der Waals surface area (Å²) in [6, 6.07) is 9.45. The minimum Gasteiger partial charge on any atom is -0.322 e. The van der Waals surface area contributed by atoms with Gasteiger partial charge in [0.25, 0.3) is 0 Å². The maximum absolute atomic E-state index is 12.7. The van der Waals surface area contributed by atoms with Gasteiger partial charge < -0.3 is 5.32 Å². The molecule has 0 radical (unpaired) electrons. The lowest BCUT2D eigenvalue weighted by atomic mass is 10.3. The number of halogens is 2. The van der Waals surface area contributed by atoms with E-state index in [1.807, 2.05) is 4.90 Å². The van der Waals surface area contributed by atoms with Gasteiger partial charge in [0.15, 0.2) is 5.15 Å². The van der Waals surface area contributed by atoms with Gasteiger partial charge in [0.05, 0.1) is 17.1 Å². The van der Waals surface area contributed by atoms with Crippen molar-refractivity contribution in [1.82, 2.24) is 14.2 Å². The van der Waals surface area contributed by atoms with Crippen LogP contribution >= 0.6 is 23.2 Å². The molecular formula is C17H18Cl2N4O3S. The lowest BCUT2D eigenvalue weighted by Gasteiger charge is -2.33. The fourth-order valence-corrected chi connectivity index (χ4v) is 4.47. The van der Waals surface area contributed by atoms with Crippen molar-refractivity contribution in [3.63, 3.8) is 0 Å². The number of carbonyl (C=O) groups is 1. The fourth-order valence-electron chi connectivity index (χ4n) is 2.76. The molecule has 0 saturated carbocycles. The van der Waals surface area contributed by atoms with Gasteiger partial charge in [0, 0.05) is 37.4 Å². The number of benzene rings is 1. The van der Waals surface area contributed by atoms with Crippen molar-refractivity contribution in [1.29, 1.82) is 0 Å². The summed E-state index contributed by atoms with van der Waals surface area (Å²) < 4.78 is 26.8. The molecule has 1 aliphatic heterocycles. The molecule has 1 aliphatic rings. The molecule has 27 heavy (non-hydrogen) atoms. The van der Waals surface area contributed by atoms with Crippen LogP contribution in [0.2, 0.25) is 10.2 Å². The van der Waals surface area contributed by atoms with E-state index in [1.54, 1.807) is 30.5 Å². The molecule has 2 aromatic rings. The van der Waals surface area contributed by atoms with Crippen LogP contribution in [0.1, 0.15) is 0 Å². The average Bonchev–Trinajstić information content (AvgIpc) is 2.64. The summed E-state index contributed by atoms with van der Waals surface area (Å²) in [5.41, 5.74) is 0.452. The van der Waals surface area contributed by atoms with E-state index in [2.05, 4.69) is 10.3 Å². The largest absolute Gasteiger partial charge is 0.322 e. The van der Waals surface area contributed by atoms with E-state index in [9.17, 15) is 13.2 Å². The summed E-state index contributed by atoms with van der Waals surface area (Å²) in [7, 11) is -3.56. The fraction of sp³-hybridized carbons (Fsp3) is 0.294. The van der Waals surface area contributed by atoms with Crippen LogP contribution in [-0.4, -0.2) is 61.2 Å². The van der Waals surface area contributed by atoms with Gasteiger partial charge in [-0.1, -0.05) is 23.2 Å². The lowest BCUT2D eigenvalue weighted by molar-refractivity contribution is -0.117. The van der Waals surface area contributed by atoms with E-state index in [-0.39, 0.29) is 22.5 Å². The second kappa shape index (κ2) is 8.53. The Labute approximate surface area is 167 Å². The lowest BCUT2D eigenvalue weighted by Crippen LogP contribution is -2.50. The van der Waals surface area contributed by atoms with Crippen LogP contribution < -0.4 is 5.32 Å². The van der Waals surface area contributed by atoms with Crippen LogP contribution in [0.5, 0.6) is 0 Å². The summed E-state index contributed by atoms with van der Waals surface area (Å²) in [5, 5.41) is 3.42. The Morgan fingerprint density at radius 2 is 1.74 bits per heavy atom. The minimum atomic E-state index is -3.56. The van der Waals surface area contributed by atoms with Crippen molar-refractivity contribution in [2.45, 2.75) is 4.90 Å². The van der Waals surface area contributed by atoms with Gasteiger partial charge in [-0.25, -0.2) is 13.4 Å². The number of piperazine rings is 1. The van der Waals surface area contributed by atoms with E-state index in [0.717, 1.165) is 0 Å². The number of sulfonamides is 1. The quantitative estimate of drug-likeness (QED) is 0.738. The number of carbonyl (C=O) groups excluding carboxylic acids is 1. The molecule has 0 spiro atoms.